The Labute approximate surface area is 243 Å². The molecule has 3 aromatic carbocycles. The summed E-state index contributed by atoms with van der Waals surface area (Å²) in [6, 6.07) is 20.0. The fourth-order valence-electron chi connectivity index (χ4n) is 4.20. The molecule has 0 bridgehead atoms. The second-order valence-corrected chi connectivity index (χ2v) is 11.8. The van der Waals surface area contributed by atoms with Crippen molar-refractivity contribution in [2.24, 2.45) is 5.10 Å². The first-order valence-electron chi connectivity index (χ1n) is 12.2. The van der Waals surface area contributed by atoms with Crippen LogP contribution in [0.2, 0.25) is 10.0 Å². The zero-order chi connectivity index (χ0) is 29.0. The highest BCUT2D eigenvalue weighted by Crippen LogP contribution is 2.29. The van der Waals surface area contributed by atoms with Crippen LogP contribution in [0.4, 0.5) is 5.69 Å². The Kier molecular flexibility index (Phi) is 8.88. The number of hydrazone groups is 1. The molecular formula is C29H28Cl2N4O4S. The lowest BCUT2D eigenvalue weighted by Crippen LogP contribution is -2.39. The Morgan fingerprint density at radius 2 is 1.75 bits per heavy atom. The molecule has 1 amide bonds. The number of aromatic nitrogens is 1. The van der Waals surface area contributed by atoms with Crippen LogP contribution in [0.5, 0.6) is 5.75 Å². The van der Waals surface area contributed by atoms with Crippen LogP contribution in [0.1, 0.15) is 22.5 Å². The zero-order valence-electron chi connectivity index (χ0n) is 22.4. The van der Waals surface area contributed by atoms with Crippen molar-refractivity contribution in [2.45, 2.75) is 25.7 Å². The number of amides is 1. The van der Waals surface area contributed by atoms with Crippen molar-refractivity contribution in [3.8, 4) is 11.4 Å². The molecule has 0 unspecified atom stereocenters. The van der Waals surface area contributed by atoms with Gasteiger partial charge in [-0.1, -0.05) is 47.0 Å². The van der Waals surface area contributed by atoms with E-state index in [4.69, 9.17) is 27.9 Å². The van der Waals surface area contributed by atoms with Gasteiger partial charge < -0.3 is 9.30 Å². The van der Waals surface area contributed by atoms with Crippen molar-refractivity contribution in [2.75, 3.05) is 18.0 Å². The predicted octanol–water partition coefficient (Wildman–Crippen LogP) is 6.06. The topological polar surface area (TPSA) is 93.0 Å². The maximum absolute atomic E-state index is 13.6. The summed E-state index contributed by atoms with van der Waals surface area (Å²) in [6.45, 7) is 5.18. The molecule has 8 nitrogen and oxygen atoms in total. The number of hydrogen-bond acceptors (Lipinski definition) is 5. The van der Waals surface area contributed by atoms with Gasteiger partial charge in [0.1, 0.15) is 12.3 Å². The molecule has 0 atom stereocenters. The Morgan fingerprint density at radius 3 is 2.45 bits per heavy atom. The lowest BCUT2D eigenvalue weighted by molar-refractivity contribution is -0.119. The van der Waals surface area contributed by atoms with Crippen LogP contribution in [0, 0.1) is 20.8 Å². The average molecular weight is 600 g/mol. The van der Waals surface area contributed by atoms with Crippen LogP contribution >= 0.6 is 23.2 Å². The van der Waals surface area contributed by atoms with E-state index in [0.29, 0.717) is 15.8 Å². The van der Waals surface area contributed by atoms with Crippen LogP contribution in [-0.4, -0.2) is 38.8 Å². The first-order chi connectivity index (χ1) is 19.0. The van der Waals surface area contributed by atoms with Gasteiger partial charge in [-0.2, -0.15) is 5.10 Å². The third-order valence-corrected chi connectivity index (χ3v) is 8.59. The summed E-state index contributed by atoms with van der Waals surface area (Å²) in [6.07, 6.45) is 1.50. The lowest BCUT2D eigenvalue weighted by atomic mass is 10.2. The summed E-state index contributed by atoms with van der Waals surface area (Å²) < 4.78 is 35.4. The van der Waals surface area contributed by atoms with E-state index in [1.54, 1.807) is 54.6 Å². The molecule has 0 saturated heterocycles. The number of anilines is 1. The Morgan fingerprint density at radius 1 is 1.02 bits per heavy atom. The highest BCUT2D eigenvalue weighted by atomic mass is 35.5. The molecule has 0 aliphatic heterocycles. The Bertz CT molecular complexity index is 1680. The number of rotatable bonds is 9. The molecule has 0 spiro atoms. The number of carbonyl (C=O) groups is 1. The van der Waals surface area contributed by atoms with E-state index in [9.17, 15) is 13.2 Å². The summed E-state index contributed by atoms with van der Waals surface area (Å²) in [5, 5.41) is 5.18. The van der Waals surface area contributed by atoms with Crippen molar-refractivity contribution in [3.63, 3.8) is 0 Å². The van der Waals surface area contributed by atoms with Gasteiger partial charge in [0.25, 0.3) is 15.9 Å². The Balaban J connectivity index is 1.58. The van der Waals surface area contributed by atoms with Crippen LogP contribution in [-0.2, 0) is 14.8 Å². The van der Waals surface area contributed by atoms with Crippen molar-refractivity contribution in [1.29, 1.82) is 0 Å². The van der Waals surface area contributed by atoms with Gasteiger partial charge in [-0.3, -0.25) is 9.10 Å². The van der Waals surface area contributed by atoms with Crippen LogP contribution in [0.15, 0.2) is 82.8 Å². The van der Waals surface area contributed by atoms with E-state index >= 15 is 0 Å². The largest absolute Gasteiger partial charge is 0.497 e. The summed E-state index contributed by atoms with van der Waals surface area (Å²) >= 11 is 12.6. The van der Waals surface area contributed by atoms with E-state index in [2.05, 4.69) is 10.5 Å². The molecule has 40 heavy (non-hydrogen) atoms. The first kappa shape index (κ1) is 29.2. The van der Waals surface area contributed by atoms with E-state index in [0.717, 1.165) is 32.5 Å². The average Bonchev–Trinajstić information content (AvgIpc) is 3.21. The molecule has 0 radical (unpaired) electrons. The van der Waals surface area contributed by atoms with Gasteiger partial charge in [0, 0.05) is 28.0 Å². The second-order valence-electron chi connectivity index (χ2n) is 9.08. The molecule has 4 aromatic rings. The summed E-state index contributed by atoms with van der Waals surface area (Å²) in [4.78, 5) is 13.0. The molecule has 1 N–H and O–H groups in total. The molecular weight excluding hydrogens is 571 g/mol. The number of aryl methyl sites for hydroxylation is 2. The quantitative estimate of drug-likeness (QED) is 0.187. The minimum Gasteiger partial charge on any atom is -0.497 e. The van der Waals surface area contributed by atoms with E-state index in [1.807, 2.05) is 31.4 Å². The lowest BCUT2D eigenvalue weighted by Gasteiger charge is -2.24. The third-order valence-electron chi connectivity index (χ3n) is 6.25. The highest BCUT2D eigenvalue weighted by Gasteiger charge is 2.27. The number of nitrogens with zero attached hydrogens (tertiary/aromatic N) is 3. The van der Waals surface area contributed by atoms with E-state index < -0.39 is 22.5 Å². The fourth-order valence-corrected chi connectivity index (χ4v) is 5.99. The minimum absolute atomic E-state index is 0.0596. The minimum atomic E-state index is -4.08. The predicted molar refractivity (Wildman–Crippen MR) is 160 cm³/mol. The van der Waals surface area contributed by atoms with Crippen molar-refractivity contribution in [3.05, 3.63) is 105 Å². The SMILES string of the molecule is COc1cccc(N(CC(=O)N/N=C\c2cc(C)n(-c3cc(Cl)ccc3Cl)c2C)S(=O)(=O)c2ccc(C)cc2)c1. The Hall–Kier alpha value is -3.79. The molecule has 0 fully saturated rings. The molecule has 0 aliphatic rings. The van der Waals surface area contributed by atoms with Crippen LogP contribution < -0.4 is 14.5 Å². The molecule has 4 rings (SSSR count). The van der Waals surface area contributed by atoms with Gasteiger partial charge in [0.05, 0.1) is 34.6 Å². The number of sulfonamides is 1. The third kappa shape index (κ3) is 6.33. The van der Waals surface area contributed by atoms with Gasteiger partial charge in [0.2, 0.25) is 0 Å². The number of benzene rings is 3. The van der Waals surface area contributed by atoms with Crippen molar-refractivity contribution < 1.29 is 17.9 Å². The molecule has 0 aliphatic carbocycles. The maximum Gasteiger partial charge on any atom is 0.264 e. The number of ether oxygens (including phenoxy) is 1. The summed E-state index contributed by atoms with van der Waals surface area (Å²) in [5.74, 6) is -0.170. The van der Waals surface area contributed by atoms with Gasteiger partial charge in [-0.15, -0.1) is 0 Å². The van der Waals surface area contributed by atoms with Crippen molar-refractivity contribution in [1.82, 2.24) is 9.99 Å². The van der Waals surface area contributed by atoms with Crippen molar-refractivity contribution >= 4 is 51.0 Å². The highest BCUT2D eigenvalue weighted by molar-refractivity contribution is 7.92. The van der Waals surface area contributed by atoms with Gasteiger partial charge in [-0.25, -0.2) is 13.8 Å². The zero-order valence-corrected chi connectivity index (χ0v) is 24.7. The molecule has 1 heterocycles. The number of methoxy groups -OCH3 is 1. The summed E-state index contributed by atoms with van der Waals surface area (Å²) in [7, 11) is -2.59. The number of halogens is 2. The number of carbonyl (C=O) groups excluding carboxylic acids is 1. The maximum atomic E-state index is 13.6. The number of nitrogens with one attached hydrogen (secondary N) is 1. The van der Waals surface area contributed by atoms with Crippen LogP contribution in [0.25, 0.3) is 5.69 Å². The summed E-state index contributed by atoms with van der Waals surface area (Å²) in [5.41, 5.74) is 6.83. The van der Waals surface area contributed by atoms with E-state index in [-0.39, 0.29) is 10.6 Å². The van der Waals surface area contributed by atoms with E-state index in [1.165, 1.54) is 25.5 Å². The molecule has 208 valence electrons. The monoisotopic (exact) mass is 598 g/mol. The first-order valence-corrected chi connectivity index (χ1v) is 14.4. The van der Waals surface area contributed by atoms with Gasteiger partial charge in [-0.05, 0) is 69.3 Å². The van der Waals surface area contributed by atoms with Gasteiger partial charge in [0.15, 0.2) is 0 Å². The second kappa shape index (κ2) is 12.2. The smallest absolute Gasteiger partial charge is 0.264 e. The fraction of sp³-hybridized carbons (Fsp3) is 0.172. The molecule has 0 saturated carbocycles. The standard InChI is InChI=1S/C29H28Cl2N4O4S/c1-19-8-11-26(12-9-19)40(37,38)34(24-6-5-7-25(16-24)39-4)18-29(36)33-32-17-22-14-20(2)35(21(22)3)28-15-23(30)10-13-27(28)31/h5-17H,18H2,1-4H3,(H,33,36)/b32-17-. The molecule has 11 heteroatoms. The van der Waals surface area contributed by atoms with Crippen LogP contribution in [0.3, 0.4) is 0 Å². The molecule has 1 aromatic heterocycles. The van der Waals surface area contributed by atoms with Gasteiger partial charge >= 0.3 is 0 Å². The normalized spacial score (nSPS) is 11.6. The number of hydrogen-bond donors (Lipinski definition) is 1.